The first kappa shape index (κ1) is 27.3. The summed E-state index contributed by atoms with van der Waals surface area (Å²) in [5, 5.41) is 7.29. The van der Waals surface area contributed by atoms with E-state index in [1.807, 2.05) is 0 Å². The van der Waals surface area contributed by atoms with E-state index < -0.39 is 32.1 Å². The minimum atomic E-state index is -4.46. The molecule has 5 rings (SSSR count). The summed E-state index contributed by atoms with van der Waals surface area (Å²) in [5.41, 5.74) is 0.176. The van der Waals surface area contributed by atoms with Gasteiger partial charge in [-0.15, -0.1) is 5.10 Å². The predicted molar refractivity (Wildman–Crippen MR) is 136 cm³/mol. The highest BCUT2D eigenvalue weighted by atomic mass is 31.2. The molecule has 1 saturated heterocycles. The first-order valence-electron chi connectivity index (χ1n) is 11.9. The van der Waals surface area contributed by atoms with Crippen molar-refractivity contribution in [3.63, 3.8) is 0 Å². The van der Waals surface area contributed by atoms with Crippen molar-refractivity contribution in [1.29, 1.82) is 0 Å². The smallest absolute Gasteiger partial charge is 0.335 e. The van der Waals surface area contributed by atoms with Gasteiger partial charge >= 0.3 is 7.82 Å². The Hall–Kier alpha value is -4.30. The molecule has 14 nitrogen and oxygen atoms in total. The van der Waals surface area contributed by atoms with Crippen LogP contribution in [0, 0.1) is 5.82 Å². The maximum Gasteiger partial charge on any atom is 0.473 e. The molecule has 0 spiro atoms. The summed E-state index contributed by atoms with van der Waals surface area (Å²) in [5.74, 6) is -2.97. The minimum absolute atomic E-state index is 0.0298. The summed E-state index contributed by atoms with van der Waals surface area (Å²) in [7, 11) is -3.49. The molecule has 1 aromatic carbocycles. The standard InChI is InChI=1S/C24H23FN7O7P/c1-38-40(36,37)39-15-31-14-17(19-18(25)13-26-22(20(19)31)32-8-7-27-28-32)21(33)24(35)30-11-9-29(10-12-30)23(34)16-5-3-2-4-6-16/h2-8,13-14H,9-12,15H2,1H3,(H,36,37). The zero-order valence-electron chi connectivity index (χ0n) is 21.1. The number of halogens is 1. The van der Waals surface area contributed by atoms with Gasteiger partial charge in [0.15, 0.2) is 11.6 Å². The zero-order valence-corrected chi connectivity index (χ0v) is 22.0. The first-order chi connectivity index (χ1) is 19.2. The number of phosphoric acid groups is 1. The Bertz CT molecular complexity index is 1620. The van der Waals surface area contributed by atoms with Gasteiger partial charge in [-0.1, -0.05) is 23.4 Å². The second-order valence-electron chi connectivity index (χ2n) is 8.70. The van der Waals surface area contributed by atoms with Crippen molar-refractivity contribution >= 4 is 36.3 Å². The fourth-order valence-corrected chi connectivity index (χ4v) is 4.74. The summed E-state index contributed by atoms with van der Waals surface area (Å²) in [6, 6.07) is 8.70. The van der Waals surface area contributed by atoms with Crippen molar-refractivity contribution < 1.29 is 37.3 Å². The highest BCUT2D eigenvalue weighted by Gasteiger charge is 2.33. The molecule has 1 fully saturated rings. The molecule has 0 aliphatic carbocycles. The number of carbonyl (C=O) groups excluding carboxylic acids is 3. The molecule has 3 aromatic heterocycles. The maximum atomic E-state index is 15.2. The average Bonchev–Trinajstić information content (AvgIpc) is 3.65. The van der Waals surface area contributed by atoms with E-state index in [9.17, 15) is 23.8 Å². The number of piperazine rings is 1. The van der Waals surface area contributed by atoms with E-state index in [1.54, 1.807) is 35.2 Å². The molecular formula is C24H23FN7O7P. The van der Waals surface area contributed by atoms with E-state index in [0.717, 1.165) is 24.1 Å². The quantitative estimate of drug-likeness (QED) is 0.187. The fourth-order valence-electron chi connectivity index (χ4n) is 4.37. The number of phosphoric ester groups is 1. The molecule has 4 aromatic rings. The summed E-state index contributed by atoms with van der Waals surface area (Å²) in [6.45, 7) is -0.0339. The lowest BCUT2D eigenvalue weighted by molar-refractivity contribution is -0.127. The van der Waals surface area contributed by atoms with Crippen LogP contribution in [0.4, 0.5) is 4.39 Å². The lowest BCUT2D eigenvalue weighted by Gasteiger charge is -2.34. The molecule has 4 heterocycles. The SMILES string of the molecule is COP(=O)(O)OCn1cc(C(=O)C(=O)N2CCN(C(=O)c3ccccc3)CC2)c2c(F)cnc(-n3ccnn3)c21. The summed E-state index contributed by atoms with van der Waals surface area (Å²) >= 11 is 0. The number of benzene rings is 1. The van der Waals surface area contributed by atoms with Crippen LogP contribution in [0.15, 0.2) is 55.1 Å². The first-order valence-corrected chi connectivity index (χ1v) is 13.4. The molecule has 40 heavy (non-hydrogen) atoms. The van der Waals surface area contributed by atoms with Gasteiger partial charge in [-0.3, -0.25) is 23.4 Å². The topological polar surface area (TPSA) is 162 Å². The number of fused-ring (bicyclic) bond motifs is 1. The van der Waals surface area contributed by atoms with Crippen LogP contribution in [0.2, 0.25) is 0 Å². The van der Waals surface area contributed by atoms with Gasteiger partial charge in [0.05, 0.1) is 35.1 Å². The van der Waals surface area contributed by atoms with Gasteiger partial charge in [0.25, 0.3) is 17.6 Å². The van der Waals surface area contributed by atoms with E-state index >= 15 is 4.39 Å². The second-order valence-corrected chi connectivity index (χ2v) is 10.3. The van der Waals surface area contributed by atoms with Crippen LogP contribution in [0.1, 0.15) is 20.7 Å². The number of carbonyl (C=O) groups is 3. The van der Waals surface area contributed by atoms with Gasteiger partial charge < -0.3 is 19.3 Å². The molecular weight excluding hydrogens is 548 g/mol. The van der Waals surface area contributed by atoms with Gasteiger partial charge in [0, 0.05) is 45.0 Å². The maximum absolute atomic E-state index is 15.2. The number of Topliss-reactive ketones (excluding diaryl/α,β-unsaturated/α-hetero) is 1. The number of hydrogen-bond donors (Lipinski definition) is 1. The van der Waals surface area contributed by atoms with Gasteiger partial charge in [-0.05, 0) is 12.1 Å². The molecule has 1 atom stereocenters. The zero-order chi connectivity index (χ0) is 28.4. The molecule has 1 aliphatic rings. The number of ketones is 1. The number of rotatable bonds is 8. The Balaban J connectivity index is 1.44. The Labute approximate surface area is 226 Å². The van der Waals surface area contributed by atoms with E-state index in [4.69, 9.17) is 4.52 Å². The van der Waals surface area contributed by atoms with Crippen molar-refractivity contribution in [3.05, 3.63) is 72.1 Å². The van der Waals surface area contributed by atoms with Crippen molar-refractivity contribution in [2.75, 3.05) is 33.3 Å². The number of hydrogen-bond acceptors (Lipinski definition) is 9. The Kier molecular flexibility index (Phi) is 7.54. The van der Waals surface area contributed by atoms with E-state index in [0.29, 0.717) is 5.56 Å². The highest BCUT2D eigenvalue weighted by Crippen LogP contribution is 2.43. The van der Waals surface area contributed by atoms with Crippen LogP contribution in [-0.4, -0.2) is 90.1 Å². The molecule has 2 amide bonds. The van der Waals surface area contributed by atoms with Gasteiger partial charge in [0.2, 0.25) is 0 Å². The van der Waals surface area contributed by atoms with Crippen molar-refractivity contribution in [2.24, 2.45) is 0 Å². The third kappa shape index (κ3) is 5.27. The third-order valence-electron chi connectivity index (χ3n) is 6.37. The number of nitrogens with zero attached hydrogens (tertiary/aromatic N) is 7. The van der Waals surface area contributed by atoms with Crippen LogP contribution in [0.3, 0.4) is 0 Å². The number of pyridine rings is 1. The highest BCUT2D eigenvalue weighted by molar-refractivity contribution is 7.47. The summed E-state index contributed by atoms with van der Waals surface area (Å²) in [6.07, 6.45) is 4.78. The van der Waals surface area contributed by atoms with Crippen molar-refractivity contribution in [2.45, 2.75) is 6.73 Å². The molecule has 1 aliphatic heterocycles. The van der Waals surface area contributed by atoms with E-state index in [2.05, 4.69) is 19.8 Å². The van der Waals surface area contributed by atoms with Crippen LogP contribution >= 0.6 is 7.82 Å². The monoisotopic (exact) mass is 571 g/mol. The second kappa shape index (κ2) is 11.1. The van der Waals surface area contributed by atoms with Crippen LogP contribution in [-0.2, 0) is 25.1 Å². The van der Waals surface area contributed by atoms with Gasteiger partial charge in [0.1, 0.15) is 6.73 Å². The van der Waals surface area contributed by atoms with Crippen LogP contribution in [0.25, 0.3) is 16.7 Å². The van der Waals surface area contributed by atoms with Crippen LogP contribution < -0.4 is 0 Å². The molecule has 0 saturated carbocycles. The Morgan fingerprint density at radius 2 is 1.80 bits per heavy atom. The summed E-state index contributed by atoms with van der Waals surface area (Å²) < 4.78 is 38.8. The normalized spacial score (nSPS) is 15.3. The Morgan fingerprint density at radius 1 is 1.10 bits per heavy atom. The van der Waals surface area contributed by atoms with Crippen molar-refractivity contribution in [1.82, 2.24) is 34.3 Å². The largest absolute Gasteiger partial charge is 0.473 e. The number of aromatic nitrogens is 5. The number of amides is 2. The lowest BCUT2D eigenvalue weighted by Crippen LogP contribution is -2.52. The Morgan fingerprint density at radius 3 is 2.45 bits per heavy atom. The average molecular weight is 571 g/mol. The molecule has 1 N–H and O–H groups in total. The van der Waals surface area contributed by atoms with E-state index in [1.165, 1.54) is 22.0 Å². The van der Waals surface area contributed by atoms with Gasteiger partial charge in [-0.2, -0.15) is 0 Å². The predicted octanol–water partition coefficient (Wildman–Crippen LogP) is 1.64. The molecule has 0 radical (unpaired) electrons. The van der Waals surface area contributed by atoms with Gasteiger partial charge in [-0.25, -0.2) is 18.6 Å². The summed E-state index contributed by atoms with van der Waals surface area (Å²) in [4.78, 5) is 56.0. The molecule has 0 bridgehead atoms. The van der Waals surface area contributed by atoms with E-state index in [-0.39, 0.29) is 54.4 Å². The van der Waals surface area contributed by atoms with Crippen molar-refractivity contribution in [3.8, 4) is 5.82 Å². The lowest BCUT2D eigenvalue weighted by atomic mass is 10.1. The minimum Gasteiger partial charge on any atom is -0.335 e. The third-order valence-corrected chi connectivity index (χ3v) is 7.28. The van der Waals surface area contributed by atoms with Crippen LogP contribution in [0.5, 0.6) is 0 Å². The fraction of sp³-hybridized carbons (Fsp3) is 0.250. The molecule has 16 heteroatoms. The molecule has 208 valence electrons. The molecule has 1 unspecified atom stereocenters.